The number of carbonyl (C=O) groups is 1. The maximum absolute atomic E-state index is 13.3. The number of nitrogens with one attached hydrogen (secondary N) is 1. The molecule has 1 N–H and O–H groups in total. The van der Waals surface area contributed by atoms with Crippen molar-refractivity contribution in [3.63, 3.8) is 0 Å². The number of amides is 1. The summed E-state index contributed by atoms with van der Waals surface area (Å²) in [5.41, 5.74) is 0.291. The molecule has 0 spiro atoms. The van der Waals surface area contributed by atoms with Crippen molar-refractivity contribution in [2.75, 3.05) is 39.5 Å². The summed E-state index contributed by atoms with van der Waals surface area (Å²) < 4.78 is 13.3. The topological polar surface area (TPSA) is 48.5 Å². The standard InChI is InChI=1S/C14H21FN4O/c1-9-7-19(8-12(9)18(3)4)14(20)11-5-10(15)6-17-13(11)16-2/h5-6,9,12H,7-8H2,1-4H3,(H,16,17). The molecule has 2 atom stereocenters. The highest BCUT2D eigenvalue weighted by Gasteiger charge is 2.34. The Morgan fingerprint density at radius 3 is 2.75 bits per heavy atom. The first-order valence-electron chi connectivity index (χ1n) is 6.73. The molecule has 2 rings (SSSR count). The molecule has 20 heavy (non-hydrogen) atoms. The van der Waals surface area contributed by atoms with Crippen molar-refractivity contribution in [3.05, 3.63) is 23.6 Å². The van der Waals surface area contributed by atoms with Crippen molar-refractivity contribution in [2.24, 2.45) is 5.92 Å². The average molecular weight is 280 g/mol. The molecular weight excluding hydrogens is 259 g/mol. The normalized spacial score (nSPS) is 22.4. The molecule has 110 valence electrons. The maximum atomic E-state index is 13.3. The van der Waals surface area contributed by atoms with Crippen LogP contribution in [0, 0.1) is 11.7 Å². The quantitative estimate of drug-likeness (QED) is 0.906. The summed E-state index contributed by atoms with van der Waals surface area (Å²) in [7, 11) is 5.70. The van der Waals surface area contributed by atoms with E-state index in [2.05, 4.69) is 22.1 Å². The predicted molar refractivity (Wildman–Crippen MR) is 76.3 cm³/mol. The van der Waals surface area contributed by atoms with E-state index in [4.69, 9.17) is 0 Å². The fourth-order valence-corrected chi connectivity index (χ4v) is 2.76. The van der Waals surface area contributed by atoms with Gasteiger partial charge in [-0.15, -0.1) is 0 Å². The molecule has 0 saturated carbocycles. The molecule has 0 aromatic carbocycles. The number of pyridine rings is 1. The van der Waals surface area contributed by atoms with Crippen LogP contribution in [-0.2, 0) is 0 Å². The van der Waals surface area contributed by atoms with Crippen LogP contribution < -0.4 is 5.32 Å². The van der Waals surface area contributed by atoms with Crippen LogP contribution in [0.25, 0.3) is 0 Å². The molecule has 1 amide bonds. The minimum Gasteiger partial charge on any atom is -0.372 e. The van der Waals surface area contributed by atoms with E-state index in [0.29, 0.717) is 36.4 Å². The Hall–Kier alpha value is -1.69. The second-order valence-electron chi connectivity index (χ2n) is 5.52. The smallest absolute Gasteiger partial charge is 0.257 e. The number of anilines is 1. The van der Waals surface area contributed by atoms with E-state index < -0.39 is 5.82 Å². The minimum atomic E-state index is -0.497. The Bertz CT molecular complexity index is 506. The van der Waals surface area contributed by atoms with E-state index in [1.807, 2.05) is 14.1 Å². The molecule has 0 aliphatic carbocycles. The van der Waals surface area contributed by atoms with E-state index in [1.165, 1.54) is 6.07 Å². The SMILES string of the molecule is CNc1ncc(F)cc1C(=O)N1CC(C)C(N(C)C)C1. The molecule has 1 aromatic heterocycles. The molecule has 1 aliphatic rings. The van der Waals surface area contributed by atoms with Crippen molar-refractivity contribution in [2.45, 2.75) is 13.0 Å². The average Bonchev–Trinajstić information content (AvgIpc) is 2.80. The lowest BCUT2D eigenvalue weighted by atomic mass is 10.1. The fraction of sp³-hybridized carbons (Fsp3) is 0.571. The lowest BCUT2D eigenvalue weighted by Crippen LogP contribution is -2.36. The zero-order valence-electron chi connectivity index (χ0n) is 12.4. The summed E-state index contributed by atoms with van der Waals surface area (Å²) in [5.74, 6) is 0.146. The zero-order valence-corrected chi connectivity index (χ0v) is 12.4. The summed E-state index contributed by atoms with van der Waals surface area (Å²) in [6, 6.07) is 1.58. The van der Waals surface area contributed by atoms with E-state index in [1.54, 1.807) is 11.9 Å². The number of rotatable bonds is 3. The summed E-state index contributed by atoms with van der Waals surface area (Å²) in [4.78, 5) is 20.4. The van der Waals surface area contributed by atoms with Crippen LogP contribution in [0.2, 0.25) is 0 Å². The van der Waals surface area contributed by atoms with Gasteiger partial charge in [-0.2, -0.15) is 0 Å². The van der Waals surface area contributed by atoms with Crippen LogP contribution in [0.4, 0.5) is 10.2 Å². The summed E-state index contributed by atoms with van der Waals surface area (Å²) in [6.07, 6.45) is 1.11. The van der Waals surface area contributed by atoms with Crippen molar-refractivity contribution >= 4 is 11.7 Å². The second kappa shape index (κ2) is 5.75. The Morgan fingerprint density at radius 1 is 1.50 bits per heavy atom. The molecule has 1 aliphatic heterocycles. The fourth-order valence-electron chi connectivity index (χ4n) is 2.76. The number of halogens is 1. The van der Waals surface area contributed by atoms with E-state index >= 15 is 0 Å². The lowest BCUT2D eigenvalue weighted by Gasteiger charge is -2.22. The summed E-state index contributed by atoms with van der Waals surface area (Å²) in [6.45, 7) is 3.47. The number of nitrogens with zero attached hydrogens (tertiary/aromatic N) is 3. The van der Waals surface area contributed by atoms with Gasteiger partial charge >= 0.3 is 0 Å². The van der Waals surface area contributed by atoms with Gasteiger partial charge in [0.1, 0.15) is 11.6 Å². The van der Waals surface area contributed by atoms with Crippen LogP contribution in [0.3, 0.4) is 0 Å². The Kier molecular flexibility index (Phi) is 4.23. The monoisotopic (exact) mass is 280 g/mol. The van der Waals surface area contributed by atoms with E-state index in [-0.39, 0.29) is 5.91 Å². The van der Waals surface area contributed by atoms with Crippen LogP contribution in [0.1, 0.15) is 17.3 Å². The number of hydrogen-bond donors (Lipinski definition) is 1. The van der Waals surface area contributed by atoms with Crippen LogP contribution in [0.5, 0.6) is 0 Å². The van der Waals surface area contributed by atoms with Crippen LogP contribution >= 0.6 is 0 Å². The first kappa shape index (κ1) is 14.7. The van der Waals surface area contributed by atoms with Gasteiger partial charge in [0.2, 0.25) is 0 Å². The van der Waals surface area contributed by atoms with Gasteiger partial charge in [0.15, 0.2) is 0 Å². The molecule has 1 aromatic rings. The highest BCUT2D eigenvalue weighted by molar-refractivity contribution is 5.98. The van der Waals surface area contributed by atoms with Gasteiger partial charge in [0.05, 0.1) is 11.8 Å². The molecule has 0 radical (unpaired) electrons. The Balaban J connectivity index is 2.23. The minimum absolute atomic E-state index is 0.169. The molecule has 1 saturated heterocycles. The van der Waals surface area contributed by atoms with Crippen molar-refractivity contribution < 1.29 is 9.18 Å². The lowest BCUT2D eigenvalue weighted by molar-refractivity contribution is 0.0781. The van der Waals surface area contributed by atoms with E-state index in [9.17, 15) is 9.18 Å². The Morgan fingerprint density at radius 2 is 2.20 bits per heavy atom. The summed E-state index contributed by atoms with van der Waals surface area (Å²) in [5, 5.41) is 2.84. The van der Waals surface area contributed by atoms with Crippen molar-refractivity contribution in [1.29, 1.82) is 0 Å². The number of likely N-dealkylation sites (N-methyl/N-ethyl adjacent to an activating group) is 1. The molecular formula is C14H21FN4O. The van der Waals surface area contributed by atoms with Gasteiger partial charge in [-0.25, -0.2) is 9.37 Å². The first-order valence-corrected chi connectivity index (χ1v) is 6.73. The van der Waals surface area contributed by atoms with Gasteiger partial charge < -0.3 is 15.1 Å². The number of aromatic nitrogens is 1. The molecule has 0 bridgehead atoms. The molecule has 5 nitrogen and oxygen atoms in total. The molecule has 2 unspecified atom stereocenters. The Labute approximate surface area is 118 Å². The highest BCUT2D eigenvalue weighted by atomic mass is 19.1. The van der Waals surface area contributed by atoms with Crippen molar-refractivity contribution in [1.82, 2.24) is 14.8 Å². The van der Waals surface area contributed by atoms with Crippen molar-refractivity contribution in [3.8, 4) is 0 Å². The summed E-state index contributed by atoms with van der Waals surface area (Å²) >= 11 is 0. The first-order chi connectivity index (χ1) is 9.43. The van der Waals surface area contributed by atoms with Crippen LogP contribution in [-0.4, -0.2) is 61.0 Å². The zero-order chi connectivity index (χ0) is 14.9. The number of likely N-dealkylation sites (tertiary alicyclic amines) is 1. The third-order valence-corrected chi connectivity index (χ3v) is 3.84. The molecule has 1 fully saturated rings. The number of carbonyl (C=O) groups excluding carboxylic acids is 1. The predicted octanol–water partition coefficient (Wildman–Crippen LogP) is 1.28. The maximum Gasteiger partial charge on any atom is 0.257 e. The molecule has 2 heterocycles. The third kappa shape index (κ3) is 2.75. The van der Waals surface area contributed by atoms with Gasteiger partial charge in [0, 0.05) is 26.2 Å². The third-order valence-electron chi connectivity index (χ3n) is 3.84. The molecule has 6 heteroatoms. The largest absolute Gasteiger partial charge is 0.372 e. The van der Waals surface area contributed by atoms with Gasteiger partial charge in [-0.1, -0.05) is 6.92 Å². The number of hydrogen-bond acceptors (Lipinski definition) is 4. The van der Waals surface area contributed by atoms with Gasteiger partial charge in [-0.05, 0) is 26.1 Å². The van der Waals surface area contributed by atoms with Crippen LogP contribution in [0.15, 0.2) is 12.3 Å². The van der Waals surface area contributed by atoms with E-state index in [0.717, 1.165) is 6.20 Å². The highest BCUT2D eigenvalue weighted by Crippen LogP contribution is 2.24. The second-order valence-corrected chi connectivity index (χ2v) is 5.52. The van der Waals surface area contributed by atoms with Gasteiger partial charge in [0.25, 0.3) is 5.91 Å². The van der Waals surface area contributed by atoms with Gasteiger partial charge in [-0.3, -0.25) is 4.79 Å².